The number of benzene rings is 2. The molecular formula is C28H30N3+. The van der Waals surface area contributed by atoms with Gasteiger partial charge in [0.1, 0.15) is 17.2 Å². The quantitative estimate of drug-likeness (QED) is 0.317. The summed E-state index contributed by atoms with van der Waals surface area (Å²) < 4.78 is 4.76. The zero-order valence-corrected chi connectivity index (χ0v) is 18.3. The number of aryl methyl sites for hydroxylation is 1. The SMILES string of the molecule is CCCCc1ccc2c(ccc3c[n+]4c5ccc(N6CCCCC6)cc5ccc4n32)c1. The Balaban J connectivity index is 1.51. The van der Waals surface area contributed by atoms with E-state index in [0.717, 1.165) is 6.42 Å². The van der Waals surface area contributed by atoms with Gasteiger partial charge in [0.15, 0.2) is 5.52 Å². The zero-order chi connectivity index (χ0) is 20.8. The maximum atomic E-state index is 2.54. The summed E-state index contributed by atoms with van der Waals surface area (Å²) in [5, 5.41) is 2.63. The van der Waals surface area contributed by atoms with Crippen molar-refractivity contribution in [3.05, 3.63) is 72.4 Å². The first-order chi connectivity index (χ1) is 15.3. The van der Waals surface area contributed by atoms with Gasteiger partial charge in [-0.15, -0.1) is 0 Å². The lowest BCUT2D eigenvalue weighted by atomic mass is 10.1. The van der Waals surface area contributed by atoms with E-state index in [-0.39, 0.29) is 0 Å². The van der Waals surface area contributed by atoms with Gasteiger partial charge in [-0.2, -0.15) is 8.80 Å². The van der Waals surface area contributed by atoms with Gasteiger partial charge in [-0.05, 0) is 86.2 Å². The first kappa shape index (κ1) is 18.7. The minimum absolute atomic E-state index is 1.16. The highest BCUT2D eigenvalue weighted by Crippen LogP contribution is 2.26. The van der Waals surface area contributed by atoms with Crippen molar-refractivity contribution in [2.45, 2.75) is 45.4 Å². The maximum Gasteiger partial charge on any atom is 0.292 e. The molecule has 1 fully saturated rings. The highest BCUT2D eigenvalue weighted by molar-refractivity contribution is 5.87. The Kier molecular flexibility index (Phi) is 4.56. The third-order valence-corrected chi connectivity index (χ3v) is 6.98. The number of anilines is 1. The molecule has 1 aliphatic heterocycles. The standard InChI is InChI=1S/C28H30N3/c1-2-3-7-21-8-13-27-22(18-21)9-11-25-20-30-26-14-12-24(29-16-5-4-6-17-29)19-23(26)10-15-28(30)31(25)27/h8-15,18-20H,2-7,16-17H2,1H3/q+1. The average Bonchev–Trinajstić information content (AvgIpc) is 3.22. The number of nitrogens with zero attached hydrogens (tertiary/aromatic N) is 3. The van der Waals surface area contributed by atoms with Crippen molar-refractivity contribution in [2.75, 3.05) is 18.0 Å². The molecule has 1 aliphatic rings. The maximum absolute atomic E-state index is 2.54. The predicted molar refractivity (Wildman–Crippen MR) is 130 cm³/mol. The molecule has 1 saturated heterocycles. The van der Waals surface area contributed by atoms with Crippen LogP contribution in [0.4, 0.5) is 5.69 Å². The van der Waals surface area contributed by atoms with Crippen molar-refractivity contribution in [1.29, 1.82) is 0 Å². The van der Waals surface area contributed by atoms with Crippen LogP contribution in [0.1, 0.15) is 44.6 Å². The molecule has 2 aromatic carbocycles. The molecule has 156 valence electrons. The Morgan fingerprint density at radius 2 is 1.71 bits per heavy atom. The van der Waals surface area contributed by atoms with Crippen molar-refractivity contribution >= 4 is 38.7 Å². The van der Waals surface area contributed by atoms with Gasteiger partial charge in [-0.25, -0.2) is 0 Å². The number of hydrogen-bond acceptors (Lipinski definition) is 1. The molecule has 31 heavy (non-hydrogen) atoms. The smallest absolute Gasteiger partial charge is 0.292 e. The molecule has 6 rings (SSSR count). The first-order valence-corrected chi connectivity index (χ1v) is 11.9. The van der Waals surface area contributed by atoms with Crippen LogP contribution in [0.15, 0.2) is 66.9 Å². The highest BCUT2D eigenvalue weighted by atomic mass is 15.1. The van der Waals surface area contributed by atoms with Gasteiger partial charge in [-0.1, -0.05) is 19.4 Å². The summed E-state index contributed by atoms with van der Waals surface area (Å²) in [4.78, 5) is 2.54. The van der Waals surface area contributed by atoms with Gasteiger partial charge < -0.3 is 4.90 Å². The fourth-order valence-corrected chi connectivity index (χ4v) is 5.28. The van der Waals surface area contributed by atoms with Gasteiger partial charge in [-0.3, -0.25) is 0 Å². The van der Waals surface area contributed by atoms with Gasteiger partial charge in [0.05, 0.1) is 0 Å². The fourth-order valence-electron chi connectivity index (χ4n) is 5.28. The molecule has 3 heteroatoms. The summed E-state index contributed by atoms with van der Waals surface area (Å²) in [6, 6.07) is 23.1. The molecule has 0 radical (unpaired) electrons. The molecule has 0 unspecified atom stereocenters. The number of imidazole rings is 1. The Morgan fingerprint density at radius 1 is 0.839 bits per heavy atom. The number of hydrogen-bond donors (Lipinski definition) is 0. The molecule has 0 aliphatic carbocycles. The van der Waals surface area contributed by atoms with Crippen molar-refractivity contribution in [3.63, 3.8) is 0 Å². The number of pyridine rings is 2. The molecule has 0 N–H and O–H groups in total. The molecule has 0 spiro atoms. The van der Waals surface area contributed by atoms with Crippen LogP contribution in [0.5, 0.6) is 0 Å². The van der Waals surface area contributed by atoms with Crippen LogP contribution in [0.25, 0.3) is 33.0 Å². The topological polar surface area (TPSA) is 11.8 Å². The van der Waals surface area contributed by atoms with E-state index in [9.17, 15) is 0 Å². The van der Waals surface area contributed by atoms with Crippen LogP contribution in [-0.4, -0.2) is 17.5 Å². The van der Waals surface area contributed by atoms with Crippen molar-refractivity contribution in [2.24, 2.45) is 0 Å². The van der Waals surface area contributed by atoms with Crippen LogP contribution in [0.3, 0.4) is 0 Å². The monoisotopic (exact) mass is 408 g/mol. The Morgan fingerprint density at radius 3 is 2.58 bits per heavy atom. The molecule has 0 saturated carbocycles. The van der Waals surface area contributed by atoms with E-state index in [1.165, 1.54) is 89.4 Å². The van der Waals surface area contributed by atoms with Gasteiger partial charge >= 0.3 is 0 Å². The molecule has 4 heterocycles. The minimum atomic E-state index is 1.16. The van der Waals surface area contributed by atoms with E-state index < -0.39 is 0 Å². The second-order valence-electron chi connectivity index (χ2n) is 9.07. The predicted octanol–water partition coefficient (Wildman–Crippen LogP) is 6.32. The molecule has 0 amide bonds. The summed E-state index contributed by atoms with van der Waals surface area (Å²) >= 11 is 0. The summed E-state index contributed by atoms with van der Waals surface area (Å²) in [6.45, 7) is 4.63. The van der Waals surface area contributed by atoms with Crippen molar-refractivity contribution in [3.8, 4) is 0 Å². The molecule has 3 nitrogen and oxygen atoms in total. The van der Waals surface area contributed by atoms with E-state index in [1.807, 2.05) is 0 Å². The summed E-state index contributed by atoms with van der Waals surface area (Å²) in [5.41, 5.74) is 7.82. The van der Waals surface area contributed by atoms with E-state index in [1.54, 1.807) is 0 Å². The fraction of sp³-hybridized carbons (Fsp3) is 0.321. The van der Waals surface area contributed by atoms with Crippen molar-refractivity contribution < 1.29 is 4.40 Å². The Labute approximate surface area is 183 Å². The Hall–Kier alpha value is -3.07. The first-order valence-electron chi connectivity index (χ1n) is 11.9. The number of rotatable bonds is 4. The van der Waals surface area contributed by atoms with Gasteiger partial charge in [0.2, 0.25) is 0 Å². The van der Waals surface area contributed by atoms with E-state index >= 15 is 0 Å². The molecule has 3 aromatic heterocycles. The summed E-state index contributed by atoms with van der Waals surface area (Å²) in [5.74, 6) is 0. The van der Waals surface area contributed by atoms with E-state index in [4.69, 9.17) is 0 Å². The molecule has 0 bridgehead atoms. The lowest BCUT2D eigenvalue weighted by Crippen LogP contribution is -2.29. The molecule has 5 aromatic rings. The summed E-state index contributed by atoms with van der Waals surface area (Å²) in [6.07, 6.45) is 9.92. The van der Waals surface area contributed by atoms with E-state index in [2.05, 4.69) is 87.5 Å². The third kappa shape index (κ3) is 3.15. The second-order valence-corrected chi connectivity index (χ2v) is 9.07. The number of fused-ring (bicyclic) bond motifs is 7. The lowest BCUT2D eigenvalue weighted by Gasteiger charge is -2.28. The van der Waals surface area contributed by atoms with Gasteiger partial charge in [0, 0.05) is 35.6 Å². The number of piperidine rings is 1. The van der Waals surface area contributed by atoms with E-state index in [0.29, 0.717) is 0 Å². The number of unbranched alkanes of at least 4 members (excludes halogenated alkanes) is 1. The summed E-state index contributed by atoms with van der Waals surface area (Å²) in [7, 11) is 0. The zero-order valence-electron chi connectivity index (χ0n) is 18.3. The third-order valence-electron chi connectivity index (χ3n) is 6.98. The van der Waals surface area contributed by atoms with Crippen LogP contribution in [0, 0.1) is 0 Å². The van der Waals surface area contributed by atoms with Crippen LogP contribution < -0.4 is 9.30 Å². The largest absolute Gasteiger partial charge is 0.372 e. The Bertz CT molecular complexity index is 1410. The normalized spacial score (nSPS) is 14.9. The molecular weight excluding hydrogens is 378 g/mol. The number of aromatic nitrogens is 2. The van der Waals surface area contributed by atoms with Crippen molar-refractivity contribution in [1.82, 2.24) is 4.40 Å². The minimum Gasteiger partial charge on any atom is -0.372 e. The lowest BCUT2D eigenvalue weighted by molar-refractivity contribution is -0.479. The van der Waals surface area contributed by atoms with Crippen LogP contribution in [0.2, 0.25) is 0 Å². The highest BCUT2D eigenvalue weighted by Gasteiger charge is 2.18. The average molecular weight is 409 g/mol. The van der Waals surface area contributed by atoms with Gasteiger partial charge in [0.25, 0.3) is 5.65 Å². The van der Waals surface area contributed by atoms with Crippen LogP contribution >= 0.6 is 0 Å². The molecule has 0 atom stereocenters. The van der Waals surface area contributed by atoms with Crippen LogP contribution in [-0.2, 0) is 6.42 Å². The second kappa shape index (κ2) is 7.56.